The van der Waals surface area contributed by atoms with Gasteiger partial charge in [0.2, 0.25) is 5.91 Å². The van der Waals surface area contributed by atoms with E-state index in [1.807, 2.05) is 68.6 Å². The van der Waals surface area contributed by atoms with E-state index >= 15 is 0 Å². The molecule has 5 nitrogen and oxygen atoms in total. The molecule has 1 amide bonds. The number of amides is 1. The van der Waals surface area contributed by atoms with Crippen molar-refractivity contribution in [2.24, 2.45) is 0 Å². The van der Waals surface area contributed by atoms with Gasteiger partial charge in [-0.15, -0.1) is 11.3 Å². The number of nitrogens with zero attached hydrogens (tertiary/aromatic N) is 2. The van der Waals surface area contributed by atoms with Crippen LogP contribution in [0.3, 0.4) is 0 Å². The van der Waals surface area contributed by atoms with Gasteiger partial charge in [0.15, 0.2) is 5.75 Å². The Hall–Kier alpha value is -2.70. The van der Waals surface area contributed by atoms with Crippen molar-refractivity contribution in [1.82, 2.24) is 9.88 Å². The molecule has 0 aliphatic heterocycles. The molecule has 0 aliphatic rings. The maximum Gasteiger partial charge on any atom is 0.225 e. The standard InChI is InChI=1S/C21H23N3O2S/c1-16-22-17(15-27-16)14-24(2)13-12-21(25)23-19-10-6-7-11-20(19)26-18-8-4-3-5-9-18/h3-11,15H,12-14H2,1-2H3,(H,23,25). The number of benzene rings is 2. The van der Waals surface area contributed by atoms with Gasteiger partial charge in [-0.25, -0.2) is 4.98 Å². The van der Waals surface area contributed by atoms with Crippen LogP contribution in [-0.2, 0) is 11.3 Å². The number of hydrogen-bond donors (Lipinski definition) is 1. The number of aryl methyl sites for hydroxylation is 1. The number of para-hydroxylation sites is 3. The van der Waals surface area contributed by atoms with Crippen LogP contribution in [0.2, 0.25) is 0 Å². The molecule has 0 unspecified atom stereocenters. The highest BCUT2D eigenvalue weighted by molar-refractivity contribution is 7.09. The second-order valence-electron chi connectivity index (χ2n) is 6.31. The number of aromatic nitrogens is 1. The average molecular weight is 382 g/mol. The number of rotatable bonds is 8. The molecule has 0 atom stereocenters. The van der Waals surface area contributed by atoms with E-state index in [2.05, 4.69) is 20.6 Å². The Bertz CT molecular complexity index is 880. The number of anilines is 1. The van der Waals surface area contributed by atoms with Crippen LogP contribution in [0.1, 0.15) is 17.1 Å². The van der Waals surface area contributed by atoms with Crippen molar-refractivity contribution in [2.75, 3.05) is 18.9 Å². The third-order valence-electron chi connectivity index (χ3n) is 3.95. The first-order chi connectivity index (χ1) is 13.1. The van der Waals surface area contributed by atoms with Gasteiger partial charge in [0, 0.05) is 24.9 Å². The number of carbonyl (C=O) groups excluding carboxylic acids is 1. The van der Waals surface area contributed by atoms with Crippen LogP contribution in [0.5, 0.6) is 11.5 Å². The van der Waals surface area contributed by atoms with Crippen molar-refractivity contribution in [3.63, 3.8) is 0 Å². The second kappa shape index (κ2) is 9.30. The fraction of sp³-hybridized carbons (Fsp3) is 0.238. The zero-order valence-electron chi connectivity index (χ0n) is 15.5. The molecule has 0 fully saturated rings. The third kappa shape index (κ3) is 5.91. The maximum absolute atomic E-state index is 12.4. The van der Waals surface area contributed by atoms with E-state index in [0.717, 1.165) is 23.0 Å². The highest BCUT2D eigenvalue weighted by Gasteiger charge is 2.10. The fourth-order valence-electron chi connectivity index (χ4n) is 2.62. The molecule has 0 saturated heterocycles. The molecule has 2 aromatic carbocycles. The lowest BCUT2D eigenvalue weighted by Crippen LogP contribution is -2.24. The number of ether oxygens (including phenoxy) is 1. The van der Waals surface area contributed by atoms with E-state index in [1.54, 1.807) is 11.3 Å². The predicted molar refractivity (Wildman–Crippen MR) is 109 cm³/mol. The lowest BCUT2D eigenvalue weighted by molar-refractivity contribution is -0.116. The molecule has 140 valence electrons. The zero-order chi connectivity index (χ0) is 19.1. The van der Waals surface area contributed by atoms with E-state index < -0.39 is 0 Å². The SMILES string of the molecule is Cc1nc(CN(C)CCC(=O)Nc2ccccc2Oc2ccccc2)cs1. The summed E-state index contributed by atoms with van der Waals surface area (Å²) in [5.41, 5.74) is 1.71. The molecule has 1 aromatic heterocycles. The van der Waals surface area contributed by atoms with Crippen LogP contribution < -0.4 is 10.1 Å². The summed E-state index contributed by atoms with van der Waals surface area (Å²) in [5.74, 6) is 1.32. The molecular formula is C21H23N3O2S. The van der Waals surface area contributed by atoms with Gasteiger partial charge in [-0.3, -0.25) is 4.79 Å². The zero-order valence-corrected chi connectivity index (χ0v) is 16.3. The first-order valence-electron chi connectivity index (χ1n) is 8.81. The molecule has 0 aliphatic carbocycles. The molecule has 1 heterocycles. The molecule has 27 heavy (non-hydrogen) atoms. The molecule has 0 spiro atoms. The second-order valence-corrected chi connectivity index (χ2v) is 7.37. The van der Waals surface area contributed by atoms with Gasteiger partial charge in [-0.2, -0.15) is 0 Å². The normalized spacial score (nSPS) is 10.8. The van der Waals surface area contributed by atoms with Gasteiger partial charge in [0.1, 0.15) is 5.75 Å². The summed E-state index contributed by atoms with van der Waals surface area (Å²) in [6.07, 6.45) is 0.402. The Kier molecular flexibility index (Phi) is 6.57. The molecule has 6 heteroatoms. The first-order valence-corrected chi connectivity index (χ1v) is 9.69. The van der Waals surface area contributed by atoms with Crippen molar-refractivity contribution in [3.8, 4) is 11.5 Å². The number of carbonyl (C=O) groups is 1. The summed E-state index contributed by atoms with van der Waals surface area (Å²) in [6, 6.07) is 17.0. The number of thiazole rings is 1. The largest absolute Gasteiger partial charge is 0.455 e. The number of nitrogens with one attached hydrogen (secondary N) is 1. The minimum Gasteiger partial charge on any atom is -0.455 e. The van der Waals surface area contributed by atoms with Crippen molar-refractivity contribution in [2.45, 2.75) is 19.9 Å². The van der Waals surface area contributed by atoms with Crippen LogP contribution in [0.25, 0.3) is 0 Å². The van der Waals surface area contributed by atoms with Gasteiger partial charge in [-0.1, -0.05) is 30.3 Å². The molecular weight excluding hydrogens is 358 g/mol. The van der Waals surface area contributed by atoms with Gasteiger partial charge < -0.3 is 15.0 Å². The Labute approximate surface area is 163 Å². The van der Waals surface area contributed by atoms with Crippen molar-refractivity contribution in [1.29, 1.82) is 0 Å². The molecule has 0 radical (unpaired) electrons. The summed E-state index contributed by atoms with van der Waals surface area (Å²) in [4.78, 5) is 18.9. The van der Waals surface area contributed by atoms with Gasteiger partial charge >= 0.3 is 0 Å². The highest BCUT2D eigenvalue weighted by Crippen LogP contribution is 2.29. The average Bonchev–Trinajstić information content (AvgIpc) is 3.07. The topological polar surface area (TPSA) is 54.5 Å². The van der Waals surface area contributed by atoms with Crippen molar-refractivity contribution < 1.29 is 9.53 Å². The van der Waals surface area contributed by atoms with Gasteiger partial charge in [0.05, 0.1) is 16.4 Å². The number of hydrogen-bond acceptors (Lipinski definition) is 5. The molecule has 3 aromatic rings. The van der Waals surface area contributed by atoms with E-state index in [0.29, 0.717) is 24.4 Å². The van der Waals surface area contributed by atoms with E-state index in [1.165, 1.54) is 0 Å². The Balaban J connectivity index is 1.53. The Morgan fingerprint density at radius 2 is 1.89 bits per heavy atom. The Morgan fingerprint density at radius 1 is 1.15 bits per heavy atom. The summed E-state index contributed by atoms with van der Waals surface area (Å²) in [6.45, 7) is 3.39. The van der Waals surface area contributed by atoms with Crippen LogP contribution in [0.15, 0.2) is 60.0 Å². The lowest BCUT2D eigenvalue weighted by Gasteiger charge is -2.16. The monoisotopic (exact) mass is 381 g/mol. The summed E-state index contributed by atoms with van der Waals surface area (Å²) in [7, 11) is 1.99. The molecule has 3 rings (SSSR count). The molecule has 0 saturated carbocycles. The Morgan fingerprint density at radius 3 is 2.63 bits per heavy atom. The fourth-order valence-corrected chi connectivity index (χ4v) is 3.22. The first kappa shape index (κ1) is 19.1. The van der Waals surface area contributed by atoms with E-state index in [4.69, 9.17) is 4.74 Å². The van der Waals surface area contributed by atoms with E-state index in [9.17, 15) is 4.79 Å². The minimum atomic E-state index is -0.0413. The molecule has 0 bridgehead atoms. The van der Waals surface area contributed by atoms with Crippen molar-refractivity contribution >= 4 is 22.9 Å². The smallest absolute Gasteiger partial charge is 0.225 e. The van der Waals surface area contributed by atoms with Crippen LogP contribution in [-0.4, -0.2) is 29.4 Å². The third-order valence-corrected chi connectivity index (χ3v) is 4.77. The predicted octanol–water partition coefficient (Wildman–Crippen LogP) is 4.70. The van der Waals surface area contributed by atoms with Gasteiger partial charge in [-0.05, 0) is 38.2 Å². The summed E-state index contributed by atoms with van der Waals surface area (Å²) in [5, 5.41) is 6.07. The summed E-state index contributed by atoms with van der Waals surface area (Å²) < 4.78 is 5.89. The van der Waals surface area contributed by atoms with Crippen LogP contribution >= 0.6 is 11.3 Å². The highest BCUT2D eigenvalue weighted by atomic mass is 32.1. The van der Waals surface area contributed by atoms with Crippen LogP contribution in [0, 0.1) is 6.92 Å². The lowest BCUT2D eigenvalue weighted by atomic mass is 10.2. The molecule has 1 N–H and O–H groups in total. The minimum absolute atomic E-state index is 0.0413. The van der Waals surface area contributed by atoms with Crippen LogP contribution in [0.4, 0.5) is 5.69 Å². The van der Waals surface area contributed by atoms with Crippen molar-refractivity contribution in [3.05, 3.63) is 70.7 Å². The maximum atomic E-state index is 12.4. The summed E-state index contributed by atoms with van der Waals surface area (Å²) >= 11 is 1.64. The van der Waals surface area contributed by atoms with E-state index in [-0.39, 0.29) is 5.91 Å². The quantitative estimate of drug-likeness (QED) is 0.614. The van der Waals surface area contributed by atoms with Gasteiger partial charge in [0.25, 0.3) is 0 Å².